The second-order valence-corrected chi connectivity index (χ2v) is 6.41. The minimum atomic E-state index is -0.594. The minimum absolute atomic E-state index is 0.0538. The van der Waals surface area contributed by atoms with Gasteiger partial charge in [-0.15, -0.1) is 0 Å². The first-order chi connectivity index (χ1) is 10.9. The summed E-state index contributed by atoms with van der Waals surface area (Å²) in [5, 5.41) is 32.8. The van der Waals surface area contributed by atoms with Crippen molar-refractivity contribution in [2.24, 2.45) is 0 Å². The quantitative estimate of drug-likeness (QED) is 0.252. The zero-order valence-electron chi connectivity index (χ0n) is 12.1. The molecule has 1 aromatic carbocycles. The van der Waals surface area contributed by atoms with E-state index < -0.39 is 10.8 Å². The normalized spacial score (nSPS) is 15.2. The average Bonchev–Trinajstić information content (AvgIpc) is 3.01. The Bertz CT molecular complexity index is 718. The van der Waals surface area contributed by atoms with Crippen molar-refractivity contribution in [1.82, 2.24) is 5.32 Å². The number of carbonyl (C=O) groups excluding carboxylic acids is 1. The fourth-order valence-electron chi connectivity index (χ4n) is 2.46. The molecule has 1 amide bonds. The standard InChI is InChI=1S/C15H14IN3O4/c16-13-7-12(19(22)23)6-9(14(13)20)5-10(8-17)15(21)18-11-3-1-2-4-11/h5-7,11,20H,1-4H2,(H,18,21)/b10-5-. The maximum absolute atomic E-state index is 12.1. The van der Waals surface area contributed by atoms with E-state index in [1.54, 1.807) is 28.7 Å². The molecule has 23 heavy (non-hydrogen) atoms. The van der Waals surface area contributed by atoms with Gasteiger partial charge in [0.25, 0.3) is 11.6 Å². The lowest BCUT2D eigenvalue weighted by Crippen LogP contribution is -2.33. The van der Waals surface area contributed by atoms with Gasteiger partial charge in [0.2, 0.25) is 0 Å². The van der Waals surface area contributed by atoms with Gasteiger partial charge in [-0.1, -0.05) is 12.8 Å². The number of carbonyl (C=O) groups is 1. The zero-order chi connectivity index (χ0) is 17.0. The molecule has 1 aliphatic carbocycles. The molecule has 0 aliphatic heterocycles. The van der Waals surface area contributed by atoms with Gasteiger partial charge in [0.15, 0.2) is 0 Å². The van der Waals surface area contributed by atoms with Crippen molar-refractivity contribution in [3.63, 3.8) is 0 Å². The first-order valence-corrected chi connectivity index (χ1v) is 8.10. The summed E-state index contributed by atoms with van der Waals surface area (Å²) in [4.78, 5) is 22.4. The molecule has 2 N–H and O–H groups in total. The van der Waals surface area contributed by atoms with Crippen LogP contribution in [0.4, 0.5) is 5.69 Å². The summed E-state index contributed by atoms with van der Waals surface area (Å²) >= 11 is 1.76. The molecule has 0 aromatic heterocycles. The van der Waals surface area contributed by atoms with E-state index in [0.717, 1.165) is 31.7 Å². The second-order valence-electron chi connectivity index (χ2n) is 5.25. The number of nitrogens with one attached hydrogen (secondary N) is 1. The molecule has 0 spiro atoms. The van der Waals surface area contributed by atoms with Gasteiger partial charge in [0.1, 0.15) is 17.4 Å². The number of hydrogen-bond acceptors (Lipinski definition) is 5. The predicted octanol–water partition coefficient (Wildman–Crippen LogP) is 2.87. The van der Waals surface area contributed by atoms with E-state index in [2.05, 4.69) is 5.32 Å². The Morgan fingerprint density at radius 3 is 2.70 bits per heavy atom. The largest absolute Gasteiger partial charge is 0.506 e. The average molecular weight is 427 g/mol. The van der Waals surface area contributed by atoms with E-state index in [9.17, 15) is 25.3 Å². The second kappa shape index (κ2) is 7.41. The number of nitro groups is 1. The van der Waals surface area contributed by atoms with Gasteiger partial charge in [-0.05, 0) is 41.5 Å². The number of hydrogen-bond donors (Lipinski definition) is 2. The molecule has 1 saturated carbocycles. The van der Waals surface area contributed by atoms with Crippen molar-refractivity contribution >= 4 is 40.3 Å². The van der Waals surface area contributed by atoms with Crippen LogP contribution in [-0.4, -0.2) is 22.0 Å². The van der Waals surface area contributed by atoms with Gasteiger partial charge in [-0.3, -0.25) is 14.9 Å². The van der Waals surface area contributed by atoms with Gasteiger partial charge < -0.3 is 10.4 Å². The van der Waals surface area contributed by atoms with Crippen molar-refractivity contribution < 1.29 is 14.8 Å². The highest BCUT2D eigenvalue weighted by atomic mass is 127. The van der Waals surface area contributed by atoms with E-state index in [1.165, 1.54) is 12.1 Å². The molecular weight excluding hydrogens is 413 g/mol. The molecule has 0 bridgehead atoms. The Morgan fingerprint density at radius 2 is 2.13 bits per heavy atom. The van der Waals surface area contributed by atoms with Gasteiger partial charge in [0, 0.05) is 23.7 Å². The van der Waals surface area contributed by atoms with Crippen LogP contribution < -0.4 is 5.32 Å². The van der Waals surface area contributed by atoms with Crippen LogP contribution in [0.15, 0.2) is 17.7 Å². The molecule has 2 rings (SSSR count). The zero-order valence-corrected chi connectivity index (χ0v) is 14.2. The van der Waals surface area contributed by atoms with E-state index in [-0.39, 0.29) is 32.2 Å². The Hall–Kier alpha value is -2.15. The van der Waals surface area contributed by atoms with Gasteiger partial charge in [0.05, 0.1) is 8.49 Å². The molecular formula is C15H14IN3O4. The Labute approximate surface area is 146 Å². The third-order valence-corrected chi connectivity index (χ3v) is 4.47. The summed E-state index contributed by atoms with van der Waals surface area (Å²) in [6.45, 7) is 0. The molecule has 8 heteroatoms. The number of nitriles is 1. The highest BCUT2D eigenvalue weighted by Crippen LogP contribution is 2.31. The number of phenolic OH excluding ortho intramolecular Hbond substituents is 1. The molecule has 7 nitrogen and oxygen atoms in total. The number of aromatic hydroxyl groups is 1. The minimum Gasteiger partial charge on any atom is -0.506 e. The molecule has 1 aromatic rings. The summed E-state index contributed by atoms with van der Waals surface area (Å²) in [7, 11) is 0. The summed E-state index contributed by atoms with van der Waals surface area (Å²) in [5.41, 5.74) is -0.336. The van der Waals surface area contributed by atoms with Crippen molar-refractivity contribution in [2.45, 2.75) is 31.7 Å². The number of nitrogens with zero attached hydrogens (tertiary/aromatic N) is 2. The lowest BCUT2D eigenvalue weighted by Gasteiger charge is -2.11. The van der Waals surface area contributed by atoms with Crippen molar-refractivity contribution in [3.8, 4) is 11.8 Å². The Balaban J connectivity index is 2.31. The number of phenols is 1. The van der Waals surface area contributed by atoms with Crippen LogP contribution in [0.2, 0.25) is 0 Å². The fraction of sp³-hybridized carbons (Fsp3) is 0.333. The van der Waals surface area contributed by atoms with Gasteiger partial charge in [-0.2, -0.15) is 5.26 Å². The van der Waals surface area contributed by atoms with Crippen LogP contribution in [0.3, 0.4) is 0 Å². The summed E-state index contributed by atoms with van der Waals surface area (Å²) in [5.74, 6) is -0.724. The lowest BCUT2D eigenvalue weighted by atomic mass is 10.1. The Kier molecular flexibility index (Phi) is 5.54. The van der Waals surface area contributed by atoms with Crippen molar-refractivity contribution in [1.29, 1.82) is 5.26 Å². The van der Waals surface area contributed by atoms with Crippen LogP contribution in [-0.2, 0) is 4.79 Å². The molecule has 0 heterocycles. The third-order valence-electron chi connectivity index (χ3n) is 3.64. The van der Waals surface area contributed by atoms with Gasteiger partial charge >= 0.3 is 0 Å². The molecule has 0 saturated heterocycles. The monoisotopic (exact) mass is 427 g/mol. The van der Waals surface area contributed by atoms with Crippen molar-refractivity contribution in [2.75, 3.05) is 0 Å². The molecule has 1 aliphatic rings. The topological polar surface area (TPSA) is 116 Å². The van der Waals surface area contributed by atoms with Crippen LogP contribution >= 0.6 is 22.6 Å². The van der Waals surface area contributed by atoms with Gasteiger partial charge in [-0.25, -0.2) is 0 Å². The summed E-state index contributed by atoms with van der Waals surface area (Å²) < 4.78 is 0.275. The van der Waals surface area contributed by atoms with E-state index in [0.29, 0.717) is 0 Å². The van der Waals surface area contributed by atoms with E-state index in [1.807, 2.05) is 0 Å². The van der Waals surface area contributed by atoms with E-state index in [4.69, 9.17) is 0 Å². The van der Waals surface area contributed by atoms with E-state index >= 15 is 0 Å². The molecule has 0 radical (unpaired) electrons. The number of halogens is 1. The van der Waals surface area contributed by atoms with Crippen LogP contribution in [0.25, 0.3) is 6.08 Å². The van der Waals surface area contributed by atoms with Crippen LogP contribution in [0, 0.1) is 25.0 Å². The van der Waals surface area contributed by atoms with Crippen LogP contribution in [0.5, 0.6) is 5.75 Å². The van der Waals surface area contributed by atoms with Crippen molar-refractivity contribution in [3.05, 3.63) is 37.0 Å². The highest BCUT2D eigenvalue weighted by Gasteiger charge is 2.20. The number of non-ortho nitro benzene ring substituents is 1. The number of benzene rings is 1. The summed E-state index contributed by atoms with van der Waals surface area (Å²) in [6.07, 6.45) is 5.02. The highest BCUT2D eigenvalue weighted by molar-refractivity contribution is 14.1. The molecule has 0 unspecified atom stereocenters. The van der Waals surface area contributed by atoms with Crippen LogP contribution in [0.1, 0.15) is 31.2 Å². The summed E-state index contributed by atoms with van der Waals surface area (Å²) in [6, 6.07) is 4.20. The lowest BCUT2D eigenvalue weighted by molar-refractivity contribution is -0.385. The fourth-order valence-corrected chi connectivity index (χ4v) is 3.09. The first kappa shape index (κ1) is 17.2. The maximum atomic E-state index is 12.1. The number of rotatable bonds is 4. The smallest absolute Gasteiger partial charge is 0.271 e. The predicted molar refractivity (Wildman–Crippen MR) is 91.5 cm³/mol. The SMILES string of the molecule is N#C/C(=C/c1cc([N+](=O)[O-])cc(I)c1O)C(=O)NC1CCCC1. The molecule has 0 atom stereocenters. The third kappa shape index (κ3) is 4.19. The Morgan fingerprint density at radius 1 is 1.48 bits per heavy atom. The maximum Gasteiger partial charge on any atom is 0.271 e. The number of amides is 1. The molecule has 120 valence electrons. The molecule has 1 fully saturated rings. The first-order valence-electron chi connectivity index (χ1n) is 7.02. The number of nitro benzene ring substituents is 1.